The first-order chi connectivity index (χ1) is 14.1. The number of amides is 2. The smallest absolute Gasteiger partial charge is 0.282 e. The Labute approximate surface area is 173 Å². The molecule has 0 spiro atoms. The fraction of sp³-hybridized carbons (Fsp3) is 0.0435. The second-order valence-corrected chi connectivity index (χ2v) is 6.90. The van der Waals surface area contributed by atoms with E-state index in [-0.39, 0.29) is 5.57 Å². The van der Waals surface area contributed by atoms with Gasteiger partial charge in [0.2, 0.25) is 0 Å². The summed E-state index contributed by atoms with van der Waals surface area (Å²) in [4.78, 5) is 24.9. The number of nitrogens with zero attached hydrogens (tertiary/aromatic N) is 1. The molecule has 6 heteroatoms. The lowest BCUT2D eigenvalue weighted by Crippen LogP contribution is -2.35. The molecule has 4 rings (SSSR count). The van der Waals surface area contributed by atoms with Gasteiger partial charge in [0.25, 0.3) is 11.8 Å². The Bertz CT molecular complexity index is 1080. The third-order valence-electron chi connectivity index (χ3n) is 4.40. The predicted octanol–water partition coefficient (Wildman–Crippen LogP) is 4.38. The molecule has 0 aromatic heterocycles. The predicted molar refractivity (Wildman–Crippen MR) is 112 cm³/mol. The number of anilines is 1. The van der Waals surface area contributed by atoms with E-state index in [9.17, 15) is 9.59 Å². The van der Waals surface area contributed by atoms with E-state index < -0.39 is 11.8 Å². The molecule has 1 N–H and O–H groups in total. The van der Waals surface area contributed by atoms with Crippen LogP contribution in [0.4, 0.5) is 5.69 Å². The lowest BCUT2D eigenvalue weighted by Gasteiger charge is -2.14. The van der Waals surface area contributed by atoms with Gasteiger partial charge in [-0.25, -0.2) is 5.01 Å². The van der Waals surface area contributed by atoms with E-state index in [0.717, 1.165) is 11.1 Å². The molecule has 0 radical (unpaired) electrons. The minimum Gasteiger partial charge on any atom is -0.489 e. The molecular formula is C23H17ClN2O3. The van der Waals surface area contributed by atoms with Gasteiger partial charge in [0.05, 0.1) is 5.69 Å². The van der Waals surface area contributed by atoms with Crippen molar-refractivity contribution in [3.05, 3.63) is 101 Å². The van der Waals surface area contributed by atoms with Gasteiger partial charge in [-0.15, -0.1) is 0 Å². The second-order valence-electron chi connectivity index (χ2n) is 6.46. The zero-order valence-corrected chi connectivity index (χ0v) is 16.1. The molecule has 1 heterocycles. The number of carbonyl (C=O) groups excluding carboxylic acids is 2. The summed E-state index contributed by atoms with van der Waals surface area (Å²) in [5.74, 6) is -0.181. The van der Waals surface area contributed by atoms with Crippen LogP contribution in [0.25, 0.3) is 6.08 Å². The normalized spacial score (nSPS) is 14.9. The third kappa shape index (κ3) is 4.31. The molecular weight excluding hydrogens is 388 g/mol. The highest BCUT2D eigenvalue weighted by atomic mass is 35.5. The van der Waals surface area contributed by atoms with Gasteiger partial charge >= 0.3 is 0 Å². The van der Waals surface area contributed by atoms with Gasteiger partial charge in [0.1, 0.15) is 17.9 Å². The van der Waals surface area contributed by atoms with Crippen molar-refractivity contribution in [2.45, 2.75) is 6.61 Å². The van der Waals surface area contributed by atoms with Gasteiger partial charge < -0.3 is 4.74 Å². The summed E-state index contributed by atoms with van der Waals surface area (Å²) in [6.45, 7) is 0.469. The quantitative estimate of drug-likeness (QED) is 0.507. The average Bonchev–Trinajstić information content (AvgIpc) is 3.02. The van der Waals surface area contributed by atoms with E-state index in [0.29, 0.717) is 23.1 Å². The summed E-state index contributed by atoms with van der Waals surface area (Å²) in [7, 11) is 0. The van der Waals surface area contributed by atoms with Gasteiger partial charge in [0.15, 0.2) is 0 Å². The minimum atomic E-state index is -0.459. The Balaban J connectivity index is 1.47. The first-order valence-corrected chi connectivity index (χ1v) is 9.37. The van der Waals surface area contributed by atoms with E-state index in [1.54, 1.807) is 54.6 Å². The lowest BCUT2D eigenvalue weighted by atomic mass is 10.1. The van der Waals surface area contributed by atoms with Gasteiger partial charge in [-0.1, -0.05) is 60.1 Å². The van der Waals surface area contributed by atoms with Crippen molar-refractivity contribution < 1.29 is 14.3 Å². The Morgan fingerprint density at radius 3 is 2.41 bits per heavy atom. The Kier molecular flexibility index (Phi) is 5.31. The second kappa shape index (κ2) is 8.20. The number of hydrogen-bond donors (Lipinski definition) is 1. The highest BCUT2D eigenvalue weighted by molar-refractivity contribution is 6.33. The minimum absolute atomic E-state index is 0.0583. The summed E-state index contributed by atoms with van der Waals surface area (Å²) >= 11 is 5.98. The largest absolute Gasteiger partial charge is 0.489 e. The number of halogens is 1. The number of carbonyl (C=O) groups is 2. The van der Waals surface area contributed by atoms with Gasteiger partial charge in [-0.3, -0.25) is 15.0 Å². The van der Waals surface area contributed by atoms with E-state index in [2.05, 4.69) is 5.43 Å². The van der Waals surface area contributed by atoms with Crippen LogP contribution >= 0.6 is 11.6 Å². The van der Waals surface area contributed by atoms with Crippen molar-refractivity contribution in [1.29, 1.82) is 0 Å². The molecule has 1 aliphatic rings. The van der Waals surface area contributed by atoms with E-state index in [4.69, 9.17) is 16.3 Å². The summed E-state index contributed by atoms with van der Waals surface area (Å²) < 4.78 is 5.76. The summed E-state index contributed by atoms with van der Waals surface area (Å²) in [6.07, 6.45) is 1.56. The van der Waals surface area contributed by atoms with Crippen molar-refractivity contribution in [3.8, 4) is 5.75 Å². The summed E-state index contributed by atoms with van der Waals surface area (Å²) in [5, 5.41) is 1.67. The SMILES string of the molecule is O=C1NN(c2cccc(Cl)c2)C(=O)/C1=C\c1ccc(OCc2ccccc2)cc1. The van der Waals surface area contributed by atoms with Crippen molar-refractivity contribution in [2.75, 3.05) is 5.01 Å². The van der Waals surface area contributed by atoms with Gasteiger partial charge in [0, 0.05) is 5.02 Å². The number of ether oxygens (including phenoxy) is 1. The van der Waals surface area contributed by atoms with Crippen LogP contribution in [0.5, 0.6) is 5.75 Å². The Hall–Kier alpha value is -3.57. The van der Waals surface area contributed by atoms with Crippen molar-refractivity contribution in [3.63, 3.8) is 0 Å². The van der Waals surface area contributed by atoms with Crippen LogP contribution in [-0.4, -0.2) is 11.8 Å². The van der Waals surface area contributed by atoms with E-state index in [1.165, 1.54) is 5.01 Å². The van der Waals surface area contributed by atoms with Crippen LogP contribution in [0.15, 0.2) is 84.4 Å². The standard InChI is InChI=1S/C23H17ClN2O3/c24-18-7-4-8-19(14-18)26-23(28)21(22(27)25-26)13-16-9-11-20(12-10-16)29-15-17-5-2-1-3-6-17/h1-14H,15H2,(H,25,27)/b21-13-. The number of rotatable bonds is 5. The zero-order valence-electron chi connectivity index (χ0n) is 15.3. The van der Waals surface area contributed by atoms with Crippen LogP contribution in [0.3, 0.4) is 0 Å². The molecule has 144 valence electrons. The molecule has 1 saturated heterocycles. The Morgan fingerprint density at radius 2 is 1.69 bits per heavy atom. The number of nitrogens with one attached hydrogen (secondary N) is 1. The topological polar surface area (TPSA) is 58.6 Å². The van der Waals surface area contributed by atoms with Crippen LogP contribution in [0.2, 0.25) is 5.02 Å². The highest BCUT2D eigenvalue weighted by Gasteiger charge is 2.34. The van der Waals surface area contributed by atoms with Crippen molar-refractivity contribution in [1.82, 2.24) is 5.43 Å². The molecule has 0 bridgehead atoms. The maximum Gasteiger partial charge on any atom is 0.282 e. The van der Waals surface area contributed by atoms with Crippen LogP contribution in [0.1, 0.15) is 11.1 Å². The molecule has 0 aliphatic carbocycles. The van der Waals surface area contributed by atoms with Crippen LogP contribution < -0.4 is 15.2 Å². The summed E-state index contributed by atoms with van der Waals surface area (Å²) in [5.41, 5.74) is 4.92. The van der Waals surface area contributed by atoms with Crippen molar-refractivity contribution >= 4 is 35.2 Å². The first-order valence-electron chi connectivity index (χ1n) is 9.00. The number of hydrazine groups is 1. The average molecular weight is 405 g/mol. The molecule has 0 atom stereocenters. The molecule has 0 unspecified atom stereocenters. The fourth-order valence-electron chi connectivity index (χ4n) is 2.92. The van der Waals surface area contributed by atoms with E-state index in [1.807, 2.05) is 30.3 Å². The van der Waals surface area contributed by atoms with Gasteiger partial charge in [-0.2, -0.15) is 0 Å². The molecule has 2 amide bonds. The molecule has 1 aliphatic heterocycles. The summed E-state index contributed by atoms with van der Waals surface area (Å²) in [6, 6.07) is 23.8. The third-order valence-corrected chi connectivity index (χ3v) is 4.63. The first kappa shape index (κ1) is 18.8. The zero-order chi connectivity index (χ0) is 20.2. The molecule has 5 nitrogen and oxygen atoms in total. The number of hydrogen-bond acceptors (Lipinski definition) is 3. The molecule has 29 heavy (non-hydrogen) atoms. The maximum atomic E-state index is 12.7. The molecule has 0 saturated carbocycles. The monoisotopic (exact) mass is 404 g/mol. The van der Waals surface area contributed by atoms with E-state index >= 15 is 0 Å². The number of benzene rings is 3. The molecule has 3 aromatic rings. The van der Waals surface area contributed by atoms with Crippen molar-refractivity contribution in [2.24, 2.45) is 0 Å². The van der Waals surface area contributed by atoms with Crippen LogP contribution in [0, 0.1) is 0 Å². The van der Waals surface area contributed by atoms with Gasteiger partial charge in [-0.05, 0) is 47.5 Å². The highest BCUT2D eigenvalue weighted by Crippen LogP contribution is 2.24. The maximum absolute atomic E-state index is 12.7. The fourth-order valence-corrected chi connectivity index (χ4v) is 3.11. The van der Waals surface area contributed by atoms with Crippen LogP contribution in [-0.2, 0) is 16.2 Å². The molecule has 3 aromatic carbocycles. The molecule has 1 fully saturated rings. The Morgan fingerprint density at radius 1 is 0.931 bits per heavy atom. The lowest BCUT2D eigenvalue weighted by molar-refractivity contribution is -0.117.